The fourth-order valence-electron chi connectivity index (χ4n) is 5.52. The number of hydrogen-bond donors (Lipinski definition) is 0. The lowest BCUT2D eigenvalue weighted by atomic mass is 9.68. The third kappa shape index (κ3) is 0.993. The van der Waals surface area contributed by atoms with E-state index in [1.165, 1.54) is 0 Å². The first kappa shape index (κ1) is 12.6. The van der Waals surface area contributed by atoms with Gasteiger partial charge in [0.2, 0.25) is 5.79 Å². The molecule has 1 saturated carbocycles. The Morgan fingerprint density at radius 2 is 2.05 bits per heavy atom. The minimum Gasteiger partial charge on any atom is -0.497 e. The van der Waals surface area contributed by atoms with Crippen molar-refractivity contribution in [1.29, 1.82) is 0 Å². The first-order valence-electron chi connectivity index (χ1n) is 7.53. The summed E-state index contributed by atoms with van der Waals surface area (Å²) in [6.07, 6.45) is 0.669. The molecule has 2 saturated heterocycles. The summed E-state index contributed by atoms with van der Waals surface area (Å²) < 4.78 is 17.0. The first-order valence-corrected chi connectivity index (χ1v) is 7.53. The van der Waals surface area contributed by atoms with E-state index in [1.807, 2.05) is 19.9 Å². The van der Waals surface area contributed by atoms with Crippen molar-refractivity contribution in [3.63, 3.8) is 0 Å². The quantitative estimate of drug-likeness (QED) is 0.740. The predicted octanol–water partition coefficient (Wildman–Crippen LogP) is 1.83. The van der Waals surface area contributed by atoms with Crippen LogP contribution in [0.25, 0.3) is 0 Å². The van der Waals surface area contributed by atoms with E-state index in [2.05, 4.69) is 0 Å². The molecule has 5 unspecified atom stereocenters. The van der Waals surface area contributed by atoms with Crippen LogP contribution in [0.1, 0.15) is 36.2 Å². The number of Topliss-reactive ketones (excluding diaryl/α,β-unsaturated/α-hetero) is 1. The van der Waals surface area contributed by atoms with Crippen LogP contribution in [0.2, 0.25) is 0 Å². The average Bonchev–Trinajstić information content (AvgIpc) is 3.04. The highest BCUT2D eigenvalue weighted by atomic mass is 16.7. The number of esters is 1. The second kappa shape index (κ2) is 3.23. The largest absolute Gasteiger partial charge is 0.497 e. The summed E-state index contributed by atoms with van der Waals surface area (Å²) in [5.41, 5.74) is -0.182. The number of carbonyl (C=O) groups is 2. The number of methoxy groups -OCH3 is 1. The average molecular weight is 300 g/mol. The molecule has 2 heterocycles. The van der Waals surface area contributed by atoms with Gasteiger partial charge >= 0.3 is 5.97 Å². The van der Waals surface area contributed by atoms with Gasteiger partial charge in [0.05, 0.1) is 18.6 Å². The molecule has 1 spiro atoms. The second-order valence-corrected chi connectivity index (χ2v) is 7.15. The van der Waals surface area contributed by atoms with E-state index in [4.69, 9.17) is 14.2 Å². The van der Waals surface area contributed by atoms with Crippen LogP contribution in [0.15, 0.2) is 18.2 Å². The van der Waals surface area contributed by atoms with Gasteiger partial charge in [-0.1, -0.05) is 0 Å². The Kier molecular flexibility index (Phi) is 1.85. The monoisotopic (exact) mass is 300 g/mol. The maximum atomic E-state index is 13.0. The zero-order valence-electron chi connectivity index (χ0n) is 12.6. The highest BCUT2D eigenvalue weighted by molar-refractivity contribution is 6.12. The van der Waals surface area contributed by atoms with Crippen LogP contribution in [0.5, 0.6) is 5.75 Å². The molecule has 4 aliphatic rings. The van der Waals surface area contributed by atoms with Gasteiger partial charge in [0.1, 0.15) is 11.2 Å². The standard InChI is InChI=1S/C17H16O5/c1-15-7-11-16(2,22-15)21-14(19)17(11)10-6-8(20-3)4-5-9(10)12(18)13(15)17/h4-6,11,13H,7H2,1-3H3. The van der Waals surface area contributed by atoms with Crippen LogP contribution in [0.4, 0.5) is 0 Å². The molecule has 0 amide bonds. The fraction of sp³-hybridized carbons (Fsp3) is 0.529. The molecule has 2 bridgehead atoms. The van der Waals surface area contributed by atoms with Gasteiger partial charge in [-0.3, -0.25) is 9.59 Å². The Bertz CT molecular complexity index is 770. The summed E-state index contributed by atoms with van der Waals surface area (Å²) in [6.45, 7) is 3.75. The second-order valence-electron chi connectivity index (χ2n) is 7.15. The van der Waals surface area contributed by atoms with Crippen molar-refractivity contribution in [2.75, 3.05) is 7.11 Å². The number of hydrogen-bond acceptors (Lipinski definition) is 5. The molecule has 1 aromatic carbocycles. The number of ether oxygens (including phenoxy) is 3. The van der Waals surface area contributed by atoms with Gasteiger partial charge in [-0.25, -0.2) is 0 Å². The Hall–Kier alpha value is -1.88. The molecule has 1 aromatic rings. The van der Waals surface area contributed by atoms with Crippen LogP contribution < -0.4 is 4.74 Å². The third-order valence-electron chi connectivity index (χ3n) is 6.13. The van der Waals surface area contributed by atoms with Crippen molar-refractivity contribution in [3.05, 3.63) is 29.3 Å². The minimum absolute atomic E-state index is 0.0106. The van der Waals surface area contributed by atoms with E-state index < -0.39 is 22.7 Å². The van der Waals surface area contributed by atoms with Gasteiger partial charge in [0.25, 0.3) is 0 Å². The zero-order valence-corrected chi connectivity index (χ0v) is 12.6. The number of benzene rings is 1. The molecule has 5 atom stereocenters. The number of rotatable bonds is 1. The summed E-state index contributed by atoms with van der Waals surface area (Å²) in [4.78, 5) is 25.8. The molecule has 0 aromatic heterocycles. The number of fused-ring (bicyclic) bond motifs is 3. The van der Waals surface area contributed by atoms with Crippen LogP contribution >= 0.6 is 0 Å². The molecule has 2 aliphatic carbocycles. The number of carbonyl (C=O) groups excluding carboxylic acids is 2. The van der Waals surface area contributed by atoms with Gasteiger partial charge in [0, 0.05) is 18.4 Å². The molecule has 5 rings (SSSR count). The molecule has 3 fully saturated rings. The topological polar surface area (TPSA) is 61.8 Å². The molecular formula is C17H16O5. The first-order chi connectivity index (χ1) is 10.4. The van der Waals surface area contributed by atoms with E-state index >= 15 is 0 Å². The smallest absolute Gasteiger partial charge is 0.320 e. The highest BCUT2D eigenvalue weighted by Crippen LogP contribution is 2.73. The molecule has 114 valence electrons. The lowest BCUT2D eigenvalue weighted by Crippen LogP contribution is -2.52. The van der Waals surface area contributed by atoms with Gasteiger partial charge in [-0.2, -0.15) is 0 Å². The van der Waals surface area contributed by atoms with E-state index in [-0.39, 0.29) is 17.7 Å². The Morgan fingerprint density at radius 3 is 2.77 bits per heavy atom. The Morgan fingerprint density at radius 1 is 1.27 bits per heavy atom. The van der Waals surface area contributed by atoms with E-state index in [0.29, 0.717) is 17.7 Å². The van der Waals surface area contributed by atoms with Crippen molar-refractivity contribution in [1.82, 2.24) is 0 Å². The zero-order chi connectivity index (χ0) is 15.5. The fourth-order valence-corrected chi connectivity index (χ4v) is 5.52. The van der Waals surface area contributed by atoms with E-state index in [0.717, 1.165) is 5.56 Å². The van der Waals surface area contributed by atoms with Crippen molar-refractivity contribution in [3.8, 4) is 5.75 Å². The highest BCUT2D eigenvalue weighted by Gasteiger charge is 2.85. The molecule has 5 nitrogen and oxygen atoms in total. The molecule has 0 radical (unpaired) electrons. The van der Waals surface area contributed by atoms with Gasteiger partial charge < -0.3 is 14.2 Å². The van der Waals surface area contributed by atoms with Gasteiger partial charge in [-0.15, -0.1) is 0 Å². The lowest BCUT2D eigenvalue weighted by Gasteiger charge is -2.38. The van der Waals surface area contributed by atoms with Crippen LogP contribution in [0, 0.1) is 11.8 Å². The van der Waals surface area contributed by atoms with Crippen molar-refractivity contribution in [2.45, 2.75) is 37.1 Å². The number of ketones is 1. The Labute approximate surface area is 127 Å². The Balaban J connectivity index is 1.86. The summed E-state index contributed by atoms with van der Waals surface area (Å²) in [6, 6.07) is 5.35. The summed E-state index contributed by atoms with van der Waals surface area (Å²) >= 11 is 0. The molecule has 0 N–H and O–H groups in total. The van der Waals surface area contributed by atoms with E-state index in [9.17, 15) is 9.59 Å². The van der Waals surface area contributed by atoms with Crippen LogP contribution in [-0.2, 0) is 19.7 Å². The third-order valence-corrected chi connectivity index (χ3v) is 6.13. The van der Waals surface area contributed by atoms with Crippen molar-refractivity contribution < 1.29 is 23.8 Å². The minimum atomic E-state index is -0.923. The molecule has 22 heavy (non-hydrogen) atoms. The van der Waals surface area contributed by atoms with E-state index in [1.54, 1.807) is 19.2 Å². The van der Waals surface area contributed by atoms with Crippen LogP contribution in [0.3, 0.4) is 0 Å². The van der Waals surface area contributed by atoms with Crippen LogP contribution in [-0.4, -0.2) is 30.3 Å². The van der Waals surface area contributed by atoms with Gasteiger partial charge in [-0.05, 0) is 37.1 Å². The van der Waals surface area contributed by atoms with Gasteiger partial charge in [0.15, 0.2) is 5.78 Å². The maximum Gasteiger partial charge on any atom is 0.320 e. The molecule has 5 heteroatoms. The summed E-state index contributed by atoms with van der Waals surface area (Å²) in [5, 5.41) is 0. The lowest BCUT2D eigenvalue weighted by molar-refractivity contribution is -0.234. The molecular weight excluding hydrogens is 284 g/mol. The van der Waals surface area contributed by atoms with Crippen molar-refractivity contribution >= 4 is 11.8 Å². The SMILES string of the molecule is COc1ccc2c(c1)C13C(=O)OC4(C)OC(C)(CC41)C3C2=O. The normalized spacial score (nSPS) is 46.7. The predicted molar refractivity (Wildman–Crippen MR) is 74.6 cm³/mol. The molecule has 2 aliphatic heterocycles. The maximum absolute atomic E-state index is 13.0. The summed E-state index contributed by atoms with van der Waals surface area (Å²) in [5.74, 6) is -1.23. The summed E-state index contributed by atoms with van der Waals surface area (Å²) in [7, 11) is 1.58. The van der Waals surface area contributed by atoms with Crippen molar-refractivity contribution in [2.24, 2.45) is 11.8 Å².